The zero-order valence-electron chi connectivity index (χ0n) is 15.3. The van der Waals surface area contributed by atoms with Crippen molar-refractivity contribution < 1.29 is 284 Å². The summed E-state index contributed by atoms with van der Waals surface area (Å²) in [7, 11) is 0. The summed E-state index contributed by atoms with van der Waals surface area (Å²) in [5.41, 5.74) is 0. The van der Waals surface area contributed by atoms with Crippen molar-refractivity contribution in [3.63, 3.8) is 0 Å². The van der Waals surface area contributed by atoms with Crippen molar-refractivity contribution in [2.75, 3.05) is 0 Å². The molecular weight excluding hydrogens is 1090 g/mol. The van der Waals surface area contributed by atoms with E-state index in [1.807, 2.05) is 0 Å². The molecule has 33 heavy (non-hydrogen) atoms. The largest absolute Gasteiger partial charge is 2.00 e. The fourth-order valence-corrected chi connectivity index (χ4v) is 0. The maximum Gasteiger partial charge on any atom is 2.00 e. The van der Waals surface area contributed by atoms with Crippen LogP contribution in [0.1, 0.15) is 0 Å². The summed E-state index contributed by atoms with van der Waals surface area (Å²) >= 11 is 0. The first-order valence-corrected chi connectivity index (χ1v) is 0. The van der Waals surface area contributed by atoms with Gasteiger partial charge in [-0.3, -0.25) is 0 Å². The van der Waals surface area contributed by atoms with Gasteiger partial charge in [-0.25, -0.2) is 0 Å². The Morgan fingerprint density at radius 1 is 0.152 bits per heavy atom. The molecule has 0 bridgehead atoms. The van der Waals surface area contributed by atoms with Gasteiger partial charge in [-0.2, -0.15) is 0 Å². The van der Waals surface area contributed by atoms with E-state index in [9.17, 15) is 0 Å². The maximum atomic E-state index is 0. The molecule has 26 nitrogen and oxygen atoms in total. The van der Waals surface area contributed by atoms with E-state index in [0.29, 0.717) is 0 Å². The minimum Gasteiger partial charge on any atom is -2.00 e. The van der Waals surface area contributed by atoms with Gasteiger partial charge in [0.1, 0.15) is 0 Å². The fourth-order valence-electron chi connectivity index (χ4n) is 0. The van der Waals surface area contributed by atoms with E-state index >= 15 is 0 Å². The third-order valence-electron chi connectivity index (χ3n) is 0. The number of rotatable bonds is 0. The van der Waals surface area contributed by atoms with Crippen molar-refractivity contribution in [3.05, 3.63) is 0 Å². The number of hydrogen-bond donors (Lipinski definition) is 1. The van der Waals surface area contributed by atoms with Gasteiger partial charge in [0.2, 0.25) is 0 Å². The van der Waals surface area contributed by atoms with Crippen molar-refractivity contribution in [2.45, 2.75) is 0 Å². The van der Waals surface area contributed by atoms with Crippen LogP contribution in [0.5, 0.6) is 0 Å². The standard InChI is InChI=1S/7Mo.H3N.13H2O.12O/h;;;;;;;1H3;13*1H2;;;;;;;;;;;;/q;6*+2;;;;;;;;;;;;;;;12*-2/p+1. The van der Waals surface area contributed by atoms with E-state index in [1.54, 1.807) is 0 Å². The first kappa shape index (κ1) is 3300. The van der Waals surface area contributed by atoms with Crippen LogP contribution >= 0.6 is 0 Å². The molecule has 0 rings (SSSR count). The van der Waals surface area contributed by atoms with Crippen molar-refractivity contribution >= 4 is 0 Å². The van der Waals surface area contributed by atoms with Gasteiger partial charge in [0, 0.05) is 21.1 Å². The van der Waals surface area contributed by atoms with Gasteiger partial charge in [-0.1, -0.05) is 0 Å². The minimum absolute atomic E-state index is 0. The zero-order valence-corrected chi connectivity index (χ0v) is 29.3. The molecule has 0 aromatic carbocycles. The maximum absolute atomic E-state index is 0. The van der Waals surface area contributed by atoms with Crippen molar-refractivity contribution in [1.82, 2.24) is 6.15 Å². The second-order valence-corrected chi connectivity index (χ2v) is 0. The topological polar surface area (TPSA) is 788 Å². The Kier molecular flexibility index (Phi) is 303000. The van der Waals surface area contributed by atoms with Crippen LogP contribution in [0.25, 0.3) is 0 Å². The molecule has 0 saturated carbocycles. The van der Waals surface area contributed by atoms with Crippen LogP contribution < -0.4 is 6.15 Å². The Labute approximate surface area is 287 Å². The van der Waals surface area contributed by atoms with Gasteiger partial charge >= 0.3 is 126 Å². The van der Waals surface area contributed by atoms with Gasteiger partial charge in [0.25, 0.3) is 0 Å². The Balaban J connectivity index is 0. The second-order valence-electron chi connectivity index (χ2n) is 0. The van der Waals surface area contributed by atoms with E-state index in [4.69, 9.17) is 0 Å². The van der Waals surface area contributed by atoms with Crippen LogP contribution in [0.3, 0.4) is 0 Å². The predicted molar refractivity (Wildman–Crippen MR) is 61.2 cm³/mol. The Morgan fingerprint density at radius 3 is 0.152 bits per heavy atom. The Bertz CT molecular complexity index is 30.7. The molecule has 0 spiro atoms. The first-order chi connectivity index (χ1) is 0. The molecule has 0 aliphatic heterocycles. The van der Waals surface area contributed by atoms with E-state index in [1.165, 1.54) is 0 Å². The summed E-state index contributed by atoms with van der Waals surface area (Å²) in [4.78, 5) is 0. The van der Waals surface area contributed by atoms with Crippen LogP contribution in [-0.4, -0.2) is 71.2 Å². The fraction of sp³-hybridized carbons (Fsp3) is 0. The molecule has 0 aromatic rings. The summed E-state index contributed by atoms with van der Waals surface area (Å²) in [5.74, 6) is 0. The van der Waals surface area contributed by atoms with Gasteiger partial charge in [0.15, 0.2) is 0 Å². The summed E-state index contributed by atoms with van der Waals surface area (Å²) in [5, 5.41) is 0. The van der Waals surface area contributed by atoms with E-state index in [0.717, 1.165) is 0 Å². The van der Waals surface area contributed by atoms with Gasteiger partial charge in [-0.05, 0) is 0 Å². The minimum atomic E-state index is 0. The smallest absolute Gasteiger partial charge is 2.00 e. The molecule has 0 unspecified atom stereocenters. The first-order valence-electron chi connectivity index (χ1n) is 0. The molecule has 0 radical (unpaired) electrons. The van der Waals surface area contributed by atoms with Crippen LogP contribution in [0.2, 0.25) is 0 Å². The molecule has 30 N–H and O–H groups in total. The van der Waals surface area contributed by atoms with Crippen LogP contribution in [0, 0.1) is 0 Å². The molecule has 0 saturated heterocycles. The van der Waals surface area contributed by atoms with Crippen LogP contribution in [0.15, 0.2) is 0 Å². The molecule has 0 fully saturated rings. The molecule has 33 heteroatoms. The SMILES string of the molecule is O.O.O.O.O.O.O.O.O.O.O.O.O.[Mo+2].[Mo+2].[Mo+2].[Mo+2].[Mo+2].[Mo+2].[Mo].[NH4+].[O-2].[O-2].[O-2].[O-2].[O-2].[O-2].[O-2].[O-2].[O-2].[O-2].[O-2].[O-2]. The molecule has 0 amide bonds. The summed E-state index contributed by atoms with van der Waals surface area (Å²) < 4.78 is 0. The molecule has 0 atom stereocenters. The van der Waals surface area contributed by atoms with Gasteiger partial charge < -0.3 is 143 Å². The van der Waals surface area contributed by atoms with Crippen molar-refractivity contribution in [2.24, 2.45) is 0 Å². The van der Waals surface area contributed by atoms with Crippen LogP contribution in [0.4, 0.5) is 0 Å². The normalized spacial score (nSPS) is 0. The predicted octanol–water partition coefficient (Wildman–Crippen LogP) is -11.8. The molecule has 0 aromatic heterocycles. The number of hydrogen-bond acceptors (Lipinski definition) is 0. The number of quaternary nitrogens is 1. The van der Waals surface area contributed by atoms with E-state index in [-0.39, 0.29) is 291 Å². The molecule has 0 heterocycles. The summed E-state index contributed by atoms with van der Waals surface area (Å²) in [6.07, 6.45) is 0. The molecule has 0 aliphatic rings. The summed E-state index contributed by atoms with van der Waals surface area (Å²) in [6, 6.07) is 0. The van der Waals surface area contributed by atoms with Gasteiger partial charge in [0.05, 0.1) is 0 Å². The second kappa shape index (κ2) is 3030. The third kappa shape index (κ3) is 2860. The van der Waals surface area contributed by atoms with Crippen molar-refractivity contribution in [1.29, 1.82) is 0 Å². The quantitative estimate of drug-likeness (QED) is 0.221. The van der Waals surface area contributed by atoms with Crippen LogP contribution in [-0.2, 0) is 213 Å². The average molecular weight is 1120 g/mol. The Hall–Kier alpha value is 3.78. The van der Waals surface area contributed by atoms with Crippen molar-refractivity contribution in [3.8, 4) is 0 Å². The monoisotopic (exact) mass is 1130 g/mol. The Morgan fingerprint density at radius 2 is 0.152 bits per heavy atom. The van der Waals surface area contributed by atoms with E-state index in [2.05, 4.69) is 0 Å². The zero-order chi connectivity index (χ0) is 0. The summed E-state index contributed by atoms with van der Waals surface area (Å²) in [6.45, 7) is 0. The molecular formula is H30Mo7NO25-11. The van der Waals surface area contributed by atoms with E-state index < -0.39 is 0 Å². The molecule has 238 valence electrons. The third-order valence-corrected chi connectivity index (χ3v) is 0. The molecule has 0 aliphatic carbocycles. The van der Waals surface area contributed by atoms with Gasteiger partial charge in [-0.15, -0.1) is 0 Å². The average Bonchev–Trinajstić information content (AvgIpc) is 0.